The van der Waals surface area contributed by atoms with Gasteiger partial charge in [-0.25, -0.2) is 4.39 Å². The summed E-state index contributed by atoms with van der Waals surface area (Å²) in [6, 6.07) is 26.5. The third-order valence-electron chi connectivity index (χ3n) is 5.87. The molecule has 0 amide bonds. The lowest BCUT2D eigenvalue weighted by molar-refractivity contribution is 0.0674. The van der Waals surface area contributed by atoms with E-state index in [9.17, 15) is 4.39 Å². The van der Waals surface area contributed by atoms with Crippen LogP contribution in [0, 0.1) is 5.82 Å². The van der Waals surface area contributed by atoms with E-state index in [0.717, 1.165) is 33.8 Å². The highest BCUT2D eigenvalue weighted by molar-refractivity contribution is 5.61. The second-order valence-corrected chi connectivity index (χ2v) is 7.73. The number of rotatable bonds is 6. The van der Waals surface area contributed by atoms with Crippen molar-refractivity contribution in [1.29, 1.82) is 0 Å². The lowest BCUT2D eigenvalue weighted by Crippen LogP contribution is -2.32. The molecule has 3 aromatic carbocycles. The Morgan fingerprint density at radius 3 is 2.38 bits per heavy atom. The molecule has 0 radical (unpaired) electrons. The van der Waals surface area contributed by atoms with Gasteiger partial charge >= 0.3 is 0 Å². The van der Waals surface area contributed by atoms with Crippen molar-refractivity contribution in [2.24, 2.45) is 0 Å². The second kappa shape index (κ2) is 8.39. The number of furan rings is 1. The fraction of sp³-hybridized carbons (Fsp3) is 0.143. The Kier molecular flexibility index (Phi) is 5.28. The van der Waals surface area contributed by atoms with E-state index >= 15 is 0 Å². The molecule has 0 saturated heterocycles. The minimum Gasteiger partial charge on any atom is -0.494 e. The maximum absolute atomic E-state index is 13.6. The Balaban J connectivity index is 1.59. The van der Waals surface area contributed by atoms with E-state index in [1.165, 1.54) is 12.1 Å². The average Bonchev–Trinajstić information content (AvgIpc) is 3.49. The summed E-state index contributed by atoms with van der Waals surface area (Å²) in [7, 11) is 0. The maximum Gasteiger partial charge on any atom is 0.172 e. The SMILES string of the molecule is CCOc1ccc(-c2cc(C3(c4ccccc4)OC=CC3c3ccc(F)cc3)co2)cc1. The summed E-state index contributed by atoms with van der Waals surface area (Å²) in [4.78, 5) is 0. The number of hydrogen-bond donors (Lipinski definition) is 0. The number of ether oxygens (including phenoxy) is 2. The van der Waals surface area contributed by atoms with Crippen molar-refractivity contribution in [3.05, 3.63) is 126 Å². The van der Waals surface area contributed by atoms with Crippen molar-refractivity contribution in [3.8, 4) is 17.1 Å². The van der Waals surface area contributed by atoms with Gasteiger partial charge in [-0.1, -0.05) is 42.5 Å². The van der Waals surface area contributed by atoms with Crippen LogP contribution < -0.4 is 4.74 Å². The first kappa shape index (κ1) is 20.1. The molecule has 4 heteroatoms. The summed E-state index contributed by atoms with van der Waals surface area (Å²) in [5.41, 5.74) is 3.00. The first-order chi connectivity index (χ1) is 15.7. The van der Waals surface area contributed by atoms with E-state index in [0.29, 0.717) is 6.61 Å². The molecule has 5 rings (SSSR count). The minimum atomic E-state index is -0.813. The van der Waals surface area contributed by atoms with Gasteiger partial charge in [0.05, 0.1) is 25.1 Å². The molecule has 0 bridgehead atoms. The molecule has 0 saturated carbocycles. The zero-order valence-corrected chi connectivity index (χ0v) is 17.7. The zero-order chi connectivity index (χ0) is 22.0. The number of benzene rings is 3. The fourth-order valence-corrected chi connectivity index (χ4v) is 4.36. The quantitative estimate of drug-likeness (QED) is 0.331. The topological polar surface area (TPSA) is 31.6 Å². The van der Waals surface area contributed by atoms with Gasteiger partial charge in [-0.3, -0.25) is 0 Å². The van der Waals surface area contributed by atoms with Crippen molar-refractivity contribution in [3.63, 3.8) is 0 Å². The monoisotopic (exact) mass is 426 g/mol. The van der Waals surface area contributed by atoms with Crippen LogP contribution in [0.15, 0.2) is 108 Å². The Morgan fingerprint density at radius 2 is 1.66 bits per heavy atom. The molecule has 4 aromatic rings. The van der Waals surface area contributed by atoms with Crippen LogP contribution in [0.25, 0.3) is 11.3 Å². The van der Waals surface area contributed by atoms with Crippen LogP contribution in [-0.4, -0.2) is 6.61 Å². The molecule has 1 aromatic heterocycles. The summed E-state index contributed by atoms with van der Waals surface area (Å²) in [5.74, 6) is 1.16. The highest BCUT2D eigenvalue weighted by Crippen LogP contribution is 2.51. The van der Waals surface area contributed by atoms with Crippen LogP contribution in [0.5, 0.6) is 5.75 Å². The second-order valence-electron chi connectivity index (χ2n) is 7.73. The standard InChI is InChI=1S/C28H23FO3/c1-2-30-25-14-10-21(11-15-25)27-18-23(19-31-27)28(22-6-4-3-5-7-22)26(16-17-32-28)20-8-12-24(29)13-9-20/h3-19,26H,2H2,1H3. The lowest BCUT2D eigenvalue weighted by atomic mass is 9.74. The molecular formula is C28H23FO3. The summed E-state index contributed by atoms with van der Waals surface area (Å²) >= 11 is 0. The highest BCUT2D eigenvalue weighted by atomic mass is 19.1. The summed E-state index contributed by atoms with van der Waals surface area (Å²) in [6.45, 7) is 2.59. The fourth-order valence-electron chi connectivity index (χ4n) is 4.36. The molecule has 2 atom stereocenters. The zero-order valence-electron chi connectivity index (χ0n) is 17.7. The van der Waals surface area contributed by atoms with Gasteiger partial charge in [-0.05, 0) is 61.0 Å². The van der Waals surface area contributed by atoms with Crippen molar-refractivity contribution >= 4 is 0 Å². The van der Waals surface area contributed by atoms with Gasteiger partial charge in [-0.15, -0.1) is 0 Å². The van der Waals surface area contributed by atoms with Crippen LogP contribution in [0.3, 0.4) is 0 Å². The molecule has 0 fully saturated rings. The number of halogens is 1. The van der Waals surface area contributed by atoms with Crippen LogP contribution in [0.2, 0.25) is 0 Å². The molecule has 1 aliphatic heterocycles. The minimum absolute atomic E-state index is 0.142. The van der Waals surface area contributed by atoms with E-state index in [1.807, 2.05) is 85.8 Å². The van der Waals surface area contributed by atoms with Gasteiger partial charge in [0.1, 0.15) is 17.3 Å². The van der Waals surface area contributed by atoms with Crippen LogP contribution in [0.4, 0.5) is 4.39 Å². The largest absolute Gasteiger partial charge is 0.494 e. The molecule has 160 valence electrons. The molecule has 1 aliphatic rings. The highest BCUT2D eigenvalue weighted by Gasteiger charge is 2.47. The van der Waals surface area contributed by atoms with E-state index < -0.39 is 5.60 Å². The summed E-state index contributed by atoms with van der Waals surface area (Å²) in [5, 5.41) is 0. The van der Waals surface area contributed by atoms with Gasteiger partial charge in [0.15, 0.2) is 5.60 Å². The third kappa shape index (κ3) is 3.48. The Hall–Kier alpha value is -3.79. The smallest absolute Gasteiger partial charge is 0.172 e. The van der Waals surface area contributed by atoms with Crippen LogP contribution in [0.1, 0.15) is 29.5 Å². The van der Waals surface area contributed by atoms with Crippen molar-refractivity contribution < 1.29 is 18.3 Å². The predicted molar refractivity (Wildman–Crippen MR) is 122 cm³/mol. The first-order valence-electron chi connectivity index (χ1n) is 10.7. The van der Waals surface area contributed by atoms with Gasteiger partial charge in [0.2, 0.25) is 0 Å². The van der Waals surface area contributed by atoms with E-state index in [2.05, 4.69) is 0 Å². The average molecular weight is 426 g/mol. The molecule has 0 aliphatic carbocycles. The molecule has 2 heterocycles. The van der Waals surface area contributed by atoms with Crippen LogP contribution >= 0.6 is 0 Å². The molecule has 0 N–H and O–H groups in total. The van der Waals surface area contributed by atoms with E-state index in [1.54, 1.807) is 12.5 Å². The Bertz CT molecular complexity index is 1210. The molecule has 0 spiro atoms. The van der Waals surface area contributed by atoms with Gasteiger partial charge in [0, 0.05) is 16.7 Å². The number of hydrogen-bond acceptors (Lipinski definition) is 3. The lowest BCUT2D eigenvalue weighted by Gasteiger charge is -2.34. The van der Waals surface area contributed by atoms with E-state index in [-0.39, 0.29) is 11.7 Å². The van der Waals surface area contributed by atoms with Crippen LogP contribution in [-0.2, 0) is 10.3 Å². The predicted octanol–water partition coefficient (Wildman–Crippen LogP) is 7.06. The molecular weight excluding hydrogens is 403 g/mol. The van der Waals surface area contributed by atoms with Crippen molar-refractivity contribution in [2.45, 2.75) is 18.4 Å². The maximum atomic E-state index is 13.6. The van der Waals surface area contributed by atoms with Crippen molar-refractivity contribution in [1.82, 2.24) is 0 Å². The molecule has 3 nitrogen and oxygen atoms in total. The van der Waals surface area contributed by atoms with E-state index in [4.69, 9.17) is 13.9 Å². The third-order valence-corrected chi connectivity index (χ3v) is 5.87. The Morgan fingerprint density at radius 1 is 0.906 bits per heavy atom. The molecule has 32 heavy (non-hydrogen) atoms. The van der Waals surface area contributed by atoms with Gasteiger partial charge in [-0.2, -0.15) is 0 Å². The van der Waals surface area contributed by atoms with Gasteiger partial charge < -0.3 is 13.9 Å². The summed E-state index contributed by atoms with van der Waals surface area (Å²) in [6.07, 6.45) is 5.50. The van der Waals surface area contributed by atoms with Gasteiger partial charge in [0.25, 0.3) is 0 Å². The Labute approximate surface area is 186 Å². The molecule has 2 unspecified atom stereocenters. The summed E-state index contributed by atoms with van der Waals surface area (Å²) < 4.78 is 31.5. The van der Waals surface area contributed by atoms with Crippen molar-refractivity contribution in [2.75, 3.05) is 6.61 Å². The normalized spacial score (nSPS) is 19.6. The first-order valence-corrected chi connectivity index (χ1v) is 10.7.